The van der Waals surface area contributed by atoms with Crippen LogP contribution in [0.3, 0.4) is 0 Å². The highest BCUT2D eigenvalue weighted by Crippen LogP contribution is 2.21. The molecule has 3 N–H and O–H groups in total. The Morgan fingerprint density at radius 2 is 2.00 bits per heavy atom. The number of aromatic amines is 1. The number of anilines is 1. The van der Waals surface area contributed by atoms with Crippen LogP contribution in [0.25, 0.3) is 23.0 Å². The molecule has 3 aromatic rings. The summed E-state index contributed by atoms with van der Waals surface area (Å²) in [5, 5.41) is 13.8. The van der Waals surface area contributed by atoms with Gasteiger partial charge in [-0.1, -0.05) is 5.16 Å². The molecule has 0 atom stereocenters. The summed E-state index contributed by atoms with van der Waals surface area (Å²) in [7, 11) is 0. The van der Waals surface area contributed by atoms with E-state index in [0.29, 0.717) is 23.1 Å². The van der Waals surface area contributed by atoms with Crippen LogP contribution in [-0.2, 0) is 0 Å². The van der Waals surface area contributed by atoms with Gasteiger partial charge in [0.25, 0.3) is 5.89 Å². The molecule has 0 saturated carbocycles. The second-order valence-corrected chi connectivity index (χ2v) is 3.40. The summed E-state index contributed by atoms with van der Waals surface area (Å²) in [5.74, 6) is 0.813. The van der Waals surface area contributed by atoms with Gasteiger partial charge < -0.3 is 10.3 Å². The Morgan fingerprint density at radius 1 is 1.18 bits per heavy atom. The third kappa shape index (κ3) is 1.73. The number of nitrogens with zero attached hydrogens (tertiary/aromatic N) is 4. The van der Waals surface area contributed by atoms with Crippen LogP contribution >= 0.6 is 0 Å². The Morgan fingerprint density at radius 3 is 2.71 bits per heavy atom. The van der Waals surface area contributed by atoms with Crippen molar-refractivity contribution < 1.29 is 4.52 Å². The highest BCUT2D eigenvalue weighted by atomic mass is 16.5. The van der Waals surface area contributed by atoms with Crippen molar-refractivity contribution in [2.24, 2.45) is 0 Å². The minimum Gasteiger partial charge on any atom is -0.399 e. The number of benzene rings is 1. The maximum atomic E-state index is 5.60. The number of nitrogens with one attached hydrogen (secondary N) is 1. The Hall–Kier alpha value is -2.70. The summed E-state index contributed by atoms with van der Waals surface area (Å²) in [6, 6.07) is 7.18. The summed E-state index contributed by atoms with van der Waals surface area (Å²) in [4.78, 5) is 4.21. The quantitative estimate of drug-likeness (QED) is 0.636. The molecule has 0 aliphatic carbocycles. The average molecular weight is 228 g/mol. The molecule has 0 radical (unpaired) electrons. The Labute approximate surface area is 95.7 Å². The van der Waals surface area contributed by atoms with Crippen LogP contribution in [0.1, 0.15) is 0 Å². The van der Waals surface area contributed by atoms with E-state index in [0.717, 1.165) is 5.56 Å². The van der Waals surface area contributed by atoms with Gasteiger partial charge in [-0.25, -0.2) is 0 Å². The van der Waals surface area contributed by atoms with E-state index in [1.807, 2.05) is 12.1 Å². The van der Waals surface area contributed by atoms with E-state index >= 15 is 0 Å². The van der Waals surface area contributed by atoms with Gasteiger partial charge in [0.15, 0.2) is 5.69 Å². The van der Waals surface area contributed by atoms with Crippen LogP contribution in [0.15, 0.2) is 35.0 Å². The Bertz CT molecular complexity index is 613. The molecule has 0 unspecified atom stereocenters. The molecule has 7 heteroatoms. The number of rotatable bonds is 2. The second-order valence-electron chi connectivity index (χ2n) is 3.40. The normalized spacial score (nSPS) is 10.6. The first-order valence-electron chi connectivity index (χ1n) is 4.89. The third-order valence-corrected chi connectivity index (χ3v) is 2.23. The van der Waals surface area contributed by atoms with Crippen molar-refractivity contribution in [2.45, 2.75) is 0 Å². The van der Waals surface area contributed by atoms with Gasteiger partial charge in [-0.2, -0.15) is 20.4 Å². The minimum atomic E-state index is 0.394. The van der Waals surface area contributed by atoms with Gasteiger partial charge in [-0.3, -0.25) is 0 Å². The molecule has 0 saturated heterocycles. The van der Waals surface area contributed by atoms with Crippen molar-refractivity contribution in [3.63, 3.8) is 0 Å². The van der Waals surface area contributed by atoms with Gasteiger partial charge >= 0.3 is 0 Å². The molecule has 3 rings (SSSR count). The summed E-state index contributed by atoms with van der Waals surface area (Å²) in [6.45, 7) is 0. The van der Waals surface area contributed by atoms with Crippen molar-refractivity contribution >= 4 is 5.69 Å². The lowest BCUT2D eigenvalue weighted by Gasteiger charge is -1.94. The van der Waals surface area contributed by atoms with E-state index < -0.39 is 0 Å². The molecule has 0 bridgehead atoms. The molecule has 0 aliphatic rings. The first kappa shape index (κ1) is 9.52. The molecule has 0 aliphatic heterocycles. The Balaban J connectivity index is 1.98. The zero-order valence-electron chi connectivity index (χ0n) is 8.66. The van der Waals surface area contributed by atoms with E-state index in [-0.39, 0.29) is 0 Å². The lowest BCUT2D eigenvalue weighted by Crippen LogP contribution is -1.84. The standard InChI is InChI=1S/C10H8N6O/c11-7-3-1-6(2-4-7)10-13-9(15-17-10)8-5-12-16-14-8/h1-5H,11H2,(H,12,14,16). The van der Waals surface area contributed by atoms with E-state index in [2.05, 4.69) is 25.6 Å². The van der Waals surface area contributed by atoms with Gasteiger partial charge in [0.1, 0.15) is 0 Å². The monoisotopic (exact) mass is 228 g/mol. The summed E-state index contributed by atoms with van der Waals surface area (Å²) in [5.41, 5.74) is 7.63. The topological polar surface area (TPSA) is 107 Å². The number of nitrogens with two attached hydrogens (primary N) is 1. The lowest BCUT2D eigenvalue weighted by molar-refractivity contribution is 0.432. The minimum absolute atomic E-state index is 0.394. The maximum Gasteiger partial charge on any atom is 0.258 e. The fraction of sp³-hybridized carbons (Fsp3) is 0. The van der Waals surface area contributed by atoms with Crippen molar-refractivity contribution in [3.05, 3.63) is 30.5 Å². The molecule has 84 valence electrons. The highest BCUT2D eigenvalue weighted by Gasteiger charge is 2.11. The molecule has 7 nitrogen and oxygen atoms in total. The maximum absolute atomic E-state index is 5.60. The molecule has 17 heavy (non-hydrogen) atoms. The molecule has 0 fully saturated rings. The summed E-state index contributed by atoms with van der Waals surface area (Å²) < 4.78 is 5.13. The van der Waals surface area contributed by atoms with E-state index in [4.69, 9.17) is 10.3 Å². The van der Waals surface area contributed by atoms with Crippen LogP contribution in [0, 0.1) is 0 Å². The summed E-state index contributed by atoms with van der Waals surface area (Å²) in [6.07, 6.45) is 1.53. The van der Waals surface area contributed by atoms with Gasteiger partial charge in [-0.15, -0.1) is 0 Å². The van der Waals surface area contributed by atoms with E-state index in [9.17, 15) is 0 Å². The summed E-state index contributed by atoms with van der Waals surface area (Å²) >= 11 is 0. The molecular formula is C10H8N6O. The van der Waals surface area contributed by atoms with Crippen molar-refractivity contribution in [3.8, 4) is 23.0 Å². The van der Waals surface area contributed by atoms with Crippen LogP contribution < -0.4 is 5.73 Å². The fourth-order valence-corrected chi connectivity index (χ4v) is 1.38. The number of hydrogen-bond acceptors (Lipinski definition) is 6. The average Bonchev–Trinajstić information content (AvgIpc) is 3.00. The number of aromatic nitrogens is 5. The van der Waals surface area contributed by atoms with Gasteiger partial charge in [0.2, 0.25) is 5.82 Å². The van der Waals surface area contributed by atoms with Gasteiger partial charge in [-0.05, 0) is 24.3 Å². The van der Waals surface area contributed by atoms with Crippen molar-refractivity contribution in [2.75, 3.05) is 5.73 Å². The lowest BCUT2D eigenvalue weighted by atomic mass is 10.2. The zero-order chi connectivity index (χ0) is 11.7. The van der Waals surface area contributed by atoms with E-state index in [1.165, 1.54) is 6.20 Å². The van der Waals surface area contributed by atoms with Crippen LogP contribution in [0.4, 0.5) is 5.69 Å². The van der Waals surface area contributed by atoms with Crippen LogP contribution in [-0.4, -0.2) is 25.6 Å². The van der Waals surface area contributed by atoms with Crippen molar-refractivity contribution in [1.82, 2.24) is 25.6 Å². The van der Waals surface area contributed by atoms with Crippen LogP contribution in [0.5, 0.6) is 0 Å². The molecule has 1 aromatic carbocycles. The predicted molar refractivity (Wildman–Crippen MR) is 59.5 cm³/mol. The van der Waals surface area contributed by atoms with Crippen molar-refractivity contribution in [1.29, 1.82) is 0 Å². The number of hydrogen-bond donors (Lipinski definition) is 2. The fourth-order valence-electron chi connectivity index (χ4n) is 1.38. The smallest absolute Gasteiger partial charge is 0.258 e. The third-order valence-electron chi connectivity index (χ3n) is 2.23. The molecule has 2 heterocycles. The zero-order valence-corrected chi connectivity index (χ0v) is 8.66. The van der Waals surface area contributed by atoms with Gasteiger partial charge in [0, 0.05) is 11.3 Å². The first-order chi connectivity index (χ1) is 8.33. The largest absolute Gasteiger partial charge is 0.399 e. The van der Waals surface area contributed by atoms with E-state index in [1.54, 1.807) is 12.1 Å². The SMILES string of the molecule is Nc1ccc(-c2nc(-c3cn[nH]n3)no2)cc1. The molecule has 0 amide bonds. The van der Waals surface area contributed by atoms with Gasteiger partial charge in [0.05, 0.1) is 6.20 Å². The number of nitrogen functional groups attached to an aromatic ring is 1. The molecule has 2 aromatic heterocycles. The number of H-pyrrole nitrogens is 1. The molecule has 0 spiro atoms. The first-order valence-corrected chi connectivity index (χ1v) is 4.89. The second kappa shape index (κ2) is 3.71. The molecular weight excluding hydrogens is 220 g/mol. The highest BCUT2D eigenvalue weighted by molar-refractivity contribution is 5.59. The predicted octanol–water partition coefficient (Wildman–Crippen LogP) is 1.10. The van der Waals surface area contributed by atoms with Crippen LogP contribution in [0.2, 0.25) is 0 Å². The Kier molecular flexibility index (Phi) is 2.08.